The molecule has 64 valence electrons. The van der Waals surface area contributed by atoms with Gasteiger partial charge < -0.3 is 0 Å². The third-order valence-corrected chi connectivity index (χ3v) is 3.03. The van der Waals surface area contributed by atoms with Gasteiger partial charge >= 0.3 is 0 Å². The van der Waals surface area contributed by atoms with Gasteiger partial charge in [0.2, 0.25) is 0 Å². The fraction of sp³-hybridized carbons (Fsp3) is 0.600. The molecule has 1 saturated carbocycles. The highest BCUT2D eigenvalue weighted by molar-refractivity contribution is 6.13. The molecule has 0 aromatic heterocycles. The molecule has 0 amide bonds. The highest BCUT2D eigenvalue weighted by Gasteiger charge is 2.50. The number of rotatable bonds is 0. The van der Waals surface area contributed by atoms with E-state index >= 15 is 0 Å². The summed E-state index contributed by atoms with van der Waals surface area (Å²) < 4.78 is 0. The summed E-state index contributed by atoms with van der Waals surface area (Å²) in [6.45, 7) is 1.99. The van der Waals surface area contributed by atoms with E-state index in [1.54, 1.807) is 0 Å². The van der Waals surface area contributed by atoms with E-state index in [1.807, 2.05) is 13.0 Å². The minimum absolute atomic E-state index is 0.167. The normalized spacial score (nSPS) is 26.9. The maximum absolute atomic E-state index is 11.5. The first kappa shape index (κ1) is 7.71. The monoisotopic (exact) mass is 164 g/mol. The van der Waals surface area contributed by atoms with Crippen molar-refractivity contribution in [2.75, 3.05) is 0 Å². The SMILES string of the molecule is CC1=CCC2(C1)C(=O)CCC2=O. The van der Waals surface area contributed by atoms with Gasteiger partial charge in [0.05, 0.1) is 5.41 Å². The number of carbonyl (C=O) groups excluding carboxylic acids is 2. The molecule has 0 aliphatic heterocycles. The zero-order chi connectivity index (χ0) is 8.77. The molecule has 1 fully saturated rings. The lowest BCUT2D eigenvalue weighted by Gasteiger charge is -2.18. The van der Waals surface area contributed by atoms with Gasteiger partial charge in [-0.2, -0.15) is 0 Å². The average molecular weight is 164 g/mol. The highest BCUT2D eigenvalue weighted by atomic mass is 16.2. The molecule has 0 unspecified atom stereocenters. The fourth-order valence-corrected chi connectivity index (χ4v) is 2.25. The number of allylic oxidation sites excluding steroid dienone is 2. The summed E-state index contributed by atoms with van der Waals surface area (Å²) in [7, 11) is 0. The lowest BCUT2D eigenvalue weighted by Crippen LogP contribution is -2.29. The van der Waals surface area contributed by atoms with E-state index in [9.17, 15) is 9.59 Å². The van der Waals surface area contributed by atoms with Crippen LogP contribution in [0.2, 0.25) is 0 Å². The molecule has 2 rings (SSSR count). The van der Waals surface area contributed by atoms with E-state index in [0.29, 0.717) is 25.7 Å². The molecule has 0 radical (unpaired) electrons. The van der Waals surface area contributed by atoms with Gasteiger partial charge in [0.25, 0.3) is 0 Å². The number of ketones is 2. The number of hydrogen-bond acceptors (Lipinski definition) is 2. The molecule has 12 heavy (non-hydrogen) atoms. The Morgan fingerprint density at radius 3 is 2.25 bits per heavy atom. The molecule has 2 heteroatoms. The number of carbonyl (C=O) groups is 2. The third-order valence-electron chi connectivity index (χ3n) is 3.03. The quantitative estimate of drug-likeness (QED) is 0.403. The lowest BCUT2D eigenvalue weighted by molar-refractivity contribution is -0.134. The van der Waals surface area contributed by atoms with Crippen molar-refractivity contribution in [1.82, 2.24) is 0 Å². The van der Waals surface area contributed by atoms with Crippen molar-refractivity contribution in [1.29, 1.82) is 0 Å². The van der Waals surface area contributed by atoms with E-state index in [1.165, 1.54) is 5.57 Å². The first-order chi connectivity index (χ1) is 5.65. The van der Waals surface area contributed by atoms with Crippen LogP contribution in [0.25, 0.3) is 0 Å². The van der Waals surface area contributed by atoms with Crippen LogP contribution >= 0.6 is 0 Å². The van der Waals surface area contributed by atoms with Crippen molar-refractivity contribution in [3.8, 4) is 0 Å². The molecule has 0 saturated heterocycles. The molecule has 0 aromatic rings. The molecular weight excluding hydrogens is 152 g/mol. The zero-order valence-corrected chi connectivity index (χ0v) is 7.22. The second-order valence-corrected chi connectivity index (χ2v) is 3.86. The van der Waals surface area contributed by atoms with Crippen molar-refractivity contribution in [3.63, 3.8) is 0 Å². The maximum Gasteiger partial charge on any atom is 0.147 e. The maximum atomic E-state index is 11.5. The summed E-state index contributed by atoms with van der Waals surface area (Å²) in [4.78, 5) is 23.0. The van der Waals surface area contributed by atoms with Crippen molar-refractivity contribution in [3.05, 3.63) is 11.6 Å². The molecule has 0 N–H and O–H groups in total. The minimum atomic E-state index is -0.593. The fourth-order valence-electron chi connectivity index (χ4n) is 2.25. The molecule has 2 nitrogen and oxygen atoms in total. The van der Waals surface area contributed by atoms with Crippen molar-refractivity contribution in [2.45, 2.75) is 32.6 Å². The minimum Gasteiger partial charge on any atom is -0.299 e. The Balaban J connectivity index is 2.32. The summed E-state index contributed by atoms with van der Waals surface area (Å²) in [5.41, 5.74) is 0.600. The third kappa shape index (κ3) is 0.808. The Bertz CT molecular complexity index is 270. The van der Waals surface area contributed by atoms with E-state index in [-0.39, 0.29) is 11.6 Å². The molecule has 1 spiro atoms. The van der Waals surface area contributed by atoms with Gasteiger partial charge in [-0.25, -0.2) is 0 Å². The standard InChI is InChI=1S/C10H12O2/c1-7-4-5-10(6-7)8(11)2-3-9(10)12/h4H,2-3,5-6H2,1H3. The Hall–Kier alpha value is -0.920. The van der Waals surface area contributed by atoms with Gasteiger partial charge in [-0.05, 0) is 19.8 Å². The van der Waals surface area contributed by atoms with Crippen LogP contribution in [0.3, 0.4) is 0 Å². The zero-order valence-electron chi connectivity index (χ0n) is 7.22. The van der Waals surface area contributed by atoms with Crippen LogP contribution < -0.4 is 0 Å². The summed E-state index contributed by atoms with van der Waals surface area (Å²) >= 11 is 0. The van der Waals surface area contributed by atoms with Crippen LogP contribution in [0, 0.1) is 5.41 Å². The van der Waals surface area contributed by atoms with Crippen LogP contribution in [-0.4, -0.2) is 11.6 Å². The van der Waals surface area contributed by atoms with Gasteiger partial charge in [0.15, 0.2) is 0 Å². The molecule has 0 heterocycles. The Morgan fingerprint density at radius 1 is 1.25 bits per heavy atom. The number of Topliss-reactive ketones (excluding diaryl/α,β-unsaturated/α-hetero) is 2. The second kappa shape index (κ2) is 2.28. The Labute approximate surface area is 71.6 Å². The highest BCUT2D eigenvalue weighted by Crippen LogP contribution is 2.44. The van der Waals surface area contributed by atoms with Crippen molar-refractivity contribution < 1.29 is 9.59 Å². The Morgan fingerprint density at radius 2 is 1.83 bits per heavy atom. The molecule has 0 atom stereocenters. The van der Waals surface area contributed by atoms with Crippen LogP contribution in [0.1, 0.15) is 32.6 Å². The predicted octanol–water partition coefficient (Wildman–Crippen LogP) is 1.64. The average Bonchev–Trinajstić information content (AvgIpc) is 2.53. The van der Waals surface area contributed by atoms with Crippen LogP contribution in [0.15, 0.2) is 11.6 Å². The van der Waals surface area contributed by atoms with E-state index in [0.717, 1.165) is 0 Å². The van der Waals surface area contributed by atoms with Crippen LogP contribution in [0.4, 0.5) is 0 Å². The summed E-state index contributed by atoms with van der Waals surface area (Å²) in [6, 6.07) is 0. The first-order valence-corrected chi connectivity index (χ1v) is 4.37. The Kier molecular flexibility index (Phi) is 1.47. The lowest BCUT2D eigenvalue weighted by atomic mass is 9.81. The van der Waals surface area contributed by atoms with Crippen LogP contribution in [-0.2, 0) is 9.59 Å². The molecular formula is C10H12O2. The second-order valence-electron chi connectivity index (χ2n) is 3.86. The summed E-state index contributed by atoms with van der Waals surface area (Å²) in [5, 5.41) is 0. The van der Waals surface area contributed by atoms with E-state index in [2.05, 4.69) is 0 Å². The summed E-state index contributed by atoms with van der Waals surface area (Å²) in [5.74, 6) is 0.334. The van der Waals surface area contributed by atoms with Gasteiger partial charge in [-0.1, -0.05) is 11.6 Å². The largest absolute Gasteiger partial charge is 0.299 e. The predicted molar refractivity (Wildman–Crippen MR) is 44.7 cm³/mol. The van der Waals surface area contributed by atoms with Gasteiger partial charge in [0.1, 0.15) is 11.6 Å². The van der Waals surface area contributed by atoms with E-state index < -0.39 is 5.41 Å². The molecule has 0 aromatic carbocycles. The van der Waals surface area contributed by atoms with Gasteiger partial charge in [-0.3, -0.25) is 9.59 Å². The van der Waals surface area contributed by atoms with E-state index in [4.69, 9.17) is 0 Å². The smallest absolute Gasteiger partial charge is 0.147 e. The van der Waals surface area contributed by atoms with Crippen molar-refractivity contribution in [2.24, 2.45) is 5.41 Å². The van der Waals surface area contributed by atoms with Gasteiger partial charge in [0, 0.05) is 12.8 Å². The summed E-state index contributed by atoms with van der Waals surface area (Å²) in [6.07, 6.45) is 4.32. The molecule has 2 aliphatic carbocycles. The van der Waals surface area contributed by atoms with Crippen molar-refractivity contribution >= 4 is 11.6 Å². The topological polar surface area (TPSA) is 34.1 Å². The molecule has 2 aliphatic rings. The van der Waals surface area contributed by atoms with Crippen LogP contribution in [0.5, 0.6) is 0 Å². The molecule has 0 bridgehead atoms. The first-order valence-electron chi connectivity index (χ1n) is 4.37. The number of hydrogen-bond donors (Lipinski definition) is 0. The van der Waals surface area contributed by atoms with Gasteiger partial charge in [-0.15, -0.1) is 0 Å².